The molecule has 7 aromatic carbocycles. The first-order valence-electron chi connectivity index (χ1n) is 15.0. The highest BCUT2D eigenvalue weighted by Crippen LogP contribution is 2.45. The maximum atomic E-state index is 6.72. The van der Waals surface area contributed by atoms with Crippen LogP contribution >= 0.6 is 11.3 Å². The standard InChI is InChI=1S/C41H26N2OS/c1-3-12-27(13-4-1)29-17-11-18-31(24-29)43(32-22-23-38-35(26-32)34-20-9-10-21-37(34)45-38)36-25-30-16-7-8-19-33(30)39-40(36)44-41(42-39)28-14-5-2-6-15-28/h1-26H. The molecule has 0 bridgehead atoms. The van der Waals surface area contributed by atoms with Crippen LogP contribution in [0.5, 0.6) is 0 Å². The molecule has 2 aromatic heterocycles. The molecule has 0 atom stereocenters. The zero-order chi connectivity index (χ0) is 29.7. The van der Waals surface area contributed by atoms with Gasteiger partial charge in [0.05, 0.1) is 5.69 Å². The zero-order valence-electron chi connectivity index (χ0n) is 24.2. The van der Waals surface area contributed by atoms with Crippen LogP contribution in [0.25, 0.3) is 64.6 Å². The summed E-state index contributed by atoms with van der Waals surface area (Å²) >= 11 is 1.83. The molecule has 2 heterocycles. The van der Waals surface area contributed by atoms with Gasteiger partial charge < -0.3 is 9.32 Å². The maximum Gasteiger partial charge on any atom is 0.227 e. The van der Waals surface area contributed by atoms with Crippen LogP contribution in [0.4, 0.5) is 17.1 Å². The number of nitrogens with zero attached hydrogens (tertiary/aromatic N) is 2. The fourth-order valence-corrected chi connectivity index (χ4v) is 7.42. The van der Waals surface area contributed by atoms with E-state index in [0.29, 0.717) is 5.89 Å². The van der Waals surface area contributed by atoms with Crippen LogP contribution in [0.15, 0.2) is 162 Å². The molecule has 0 fully saturated rings. The lowest BCUT2D eigenvalue weighted by Gasteiger charge is -2.26. The average Bonchev–Trinajstić information content (AvgIpc) is 3.72. The Balaban J connectivity index is 1.35. The zero-order valence-corrected chi connectivity index (χ0v) is 25.0. The van der Waals surface area contributed by atoms with E-state index in [4.69, 9.17) is 9.40 Å². The highest BCUT2D eigenvalue weighted by Gasteiger charge is 2.23. The average molecular weight is 595 g/mol. The molecule has 0 aliphatic carbocycles. The lowest BCUT2D eigenvalue weighted by atomic mass is 10.0. The topological polar surface area (TPSA) is 29.3 Å². The monoisotopic (exact) mass is 594 g/mol. The molecule has 0 amide bonds. The summed E-state index contributed by atoms with van der Waals surface area (Å²) in [7, 11) is 0. The summed E-state index contributed by atoms with van der Waals surface area (Å²) in [6.07, 6.45) is 0. The Bertz CT molecular complexity index is 2500. The molecule has 3 nitrogen and oxygen atoms in total. The Morgan fingerprint density at radius 3 is 2.00 bits per heavy atom. The summed E-state index contributed by atoms with van der Waals surface area (Å²) < 4.78 is 9.29. The van der Waals surface area contributed by atoms with Crippen molar-refractivity contribution in [1.82, 2.24) is 4.98 Å². The second kappa shape index (κ2) is 10.5. The Morgan fingerprint density at radius 1 is 0.489 bits per heavy atom. The number of hydrogen-bond acceptors (Lipinski definition) is 4. The fraction of sp³-hybridized carbons (Fsp3) is 0. The molecular weight excluding hydrogens is 569 g/mol. The number of fused-ring (bicyclic) bond motifs is 6. The number of hydrogen-bond donors (Lipinski definition) is 0. The first-order chi connectivity index (χ1) is 22.3. The lowest BCUT2D eigenvalue weighted by Crippen LogP contribution is -2.10. The molecule has 9 aromatic rings. The van der Waals surface area contributed by atoms with Gasteiger partial charge in [-0.3, -0.25) is 0 Å². The molecule has 212 valence electrons. The Morgan fingerprint density at radius 2 is 1.16 bits per heavy atom. The minimum atomic E-state index is 0.612. The molecule has 0 saturated heterocycles. The van der Waals surface area contributed by atoms with E-state index < -0.39 is 0 Å². The van der Waals surface area contributed by atoms with Gasteiger partial charge in [-0.1, -0.05) is 103 Å². The van der Waals surface area contributed by atoms with Crippen LogP contribution in [-0.2, 0) is 0 Å². The van der Waals surface area contributed by atoms with Crippen LogP contribution in [-0.4, -0.2) is 4.98 Å². The van der Waals surface area contributed by atoms with Gasteiger partial charge in [0.1, 0.15) is 5.52 Å². The quantitative estimate of drug-likeness (QED) is 0.198. The van der Waals surface area contributed by atoms with Crippen molar-refractivity contribution < 1.29 is 4.42 Å². The molecule has 45 heavy (non-hydrogen) atoms. The van der Waals surface area contributed by atoms with Gasteiger partial charge in [0.2, 0.25) is 5.89 Å². The number of rotatable bonds is 5. The van der Waals surface area contributed by atoms with Crippen LogP contribution in [0, 0.1) is 0 Å². The smallest absolute Gasteiger partial charge is 0.227 e. The number of anilines is 3. The van der Waals surface area contributed by atoms with Crippen molar-refractivity contribution in [3.63, 3.8) is 0 Å². The van der Waals surface area contributed by atoms with Crippen molar-refractivity contribution in [2.45, 2.75) is 0 Å². The number of aromatic nitrogens is 1. The summed E-state index contributed by atoms with van der Waals surface area (Å²) in [5.74, 6) is 0.612. The third kappa shape index (κ3) is 4.38. The van der Waals surface area contributed by atoms with Gasteiger partial charge in [0, 0.05) is 42.5 Å². The van der Waals surface area contributed by atoms with Crippen molar-refractivity contribution >= 4 is 70.4 Å². The van der Waals surface area contributed by atoms with Crippen LogP contribution in [0.3, 0.4) is 0 Å². The maximum absolute atomic E-state index is 6.72. The van der Waals surface area contributed by atoms with E-state index in [9.17, 15) is 0 Å². The third-order valence-electron chi connectivity index (χ3n) is 8.46. The van der Waals surface area contributed by atoms with Crippen molar-refractivity contribution in [2.24, 2.45) is 0 Å². The fourth-order valence-electron chi connectivity index (χ4n) is 6.33. The second-order valence-corrected chi connectivity index (χ2v) is 12.3. The summed E-state index contributed by atoms with van der Waals surface area (Å²) in [6, 6.07) is 55.5. The molecule has 0 saturated carbocycles. The molecule has 9 rings (SSSR count). The van der Waals surface area contributed by atoms with E-state index in [1.165, 1.54) is 25.7 Å². The van der Waals surface area contributed by atoms with Gasteiger partial charge in [-0.15, -0.1) is 11.3 Å². The molecular formula is C41H26N2OS. The van der Waals surface area contributed by atoms with E-state index in [1.54, 1.807) is 0 Å². The predicted molar refractivity (Wildman–Crippen MR) is 190 cm³/mol. The van der Waals surface area contributed by atoms with E-state index in [0.717, 1.165) is 50.1 Å². The van der Waals surface area contributed by atoms with Crippen LogP contribution in [0.1, 0.15) is 0 Å². The minimum absolute atomic E-state index is 0.612. The predicted octanol–water partition coefficient (Wildman–Crippen LogP) is 12.2. The molecule has 0 aliphatic rings. The molecule has 0 unspecified atom stereocenters. The molecule has 0 radical (unpaired) electrons. The highest BCUT2D eigenvalue weighted by atomic mass is 32.1. The van der Waals surface area contributed by atoms with Gasteiger partial charge in [0.25, 0.3) is 0 Å². The first-order valence-corrected chi connectivity index (χ1v) is 15.9. The van der Waals surface area contributed by atoms with Gasteiger partial charge in [-0.25, -0.2) is 4.98 Å². The van der Waals surface area contributed by atoms with Gasteiger partial charge in [-0.2, -0.15) is 0 Å². The molecule has 0 N–H and O–H groups in total. The van der Waals surface area contributed by atoms with Crippen molar-refractivity contribution in [1.29, 1.82) is 0 Å². The summed E-state index contributed by atoms with van der Waals surface area (Å²) in [5, 5.41) is 4.70. The van der Waals surface area contributed by atoms with Crippen LogP contribution < -0.4 is 4.90 Å². The minimum Gasteiger partial charge on any atom is -0.434 e. The third-order valence-corrected chi connectivity index (χ3v) is 9.61. The highest BCUT2D eigenvalue weighted by molar-refractivity contribution is 7.25. The summed E-state index contributed by atoms with van der Waals surface area (Å²) in [6.45, 7) is 0. The second-order valence-electron chi connectivity index (χ2n) is 11.2. The molecule has 0 spiro atoms. The summed E-state index contributed by atoms with van der Waals surface area (Å²) in [5.41, 5.74) is 7.94. The van der Waals surface area contributed by atoms with Gasteiger partial charge in [-0.05, 0) is 71.1 Å². The Kier molecular flexibility index (Phi) is 6.00. The largest absolute Gasteiger partial charge is 0.434 e. The Hall–Kier alpha value is -5.71. The first kappa shape index (κ1) is 25.8. The number of thiophene rings is 1. The van der Waals surface area contributed by atoms with E-state index >= 15 is 0 Å². The van der Waals surface area contributed by atoms with Gasteiger partial charge >= 0.3 is 0 Å². The van der Waals surface area contributed by atoms with E-state index in [2.05, 4.69) is 132 Å². The van der Waals surface area contributed by atoms with Crippen molar-refractivity contribution in [3.05, 3.63) is 158 Å². The number of oxazole rings is 1. The molecule has 0 aliphatic heterocycles. The normalized spacial score (nSPS) is 11.6. The summed E-state index contributed by atoms with van der Waals surface area (Å²) in [4.78, 5) is 7.42. The molecule has 4 heteroatoms. The van der Waals surface area contributed by atoms with Gasteiger partial charge in [0.15, 0.2) is 5.58 Å². The van der Waals surface area contributed by atoms with E-state index in [1.807, 2.05) is 41.7 Å². The van der Waals surface area contributed by atoms with Crippen LogP contribution in [0.2, 0.25) is 0 Å². The Labute approximate surface area is 264 Å². The number of benzene rings is 7. The lowest BCUT2D eigenvalue weighted by molar-refractivity contribution is 0.620. The SMILES string of the molecule is c1ccc(-c2cccc(N(c3ccc4sc5ccccc5c4c3)c3cc4ccccc4c4nc(-c5ccccc5)oc34)c2)cc1. The van der Waals surface area contributed by atoms with Crippen molar-refractivity contribution in [3.8, 4) is 22.6 Å². The van der Waals surface area contributed by atoms with E-state index in [-0.39, 0.29) is 0 Å². The van der Waals surface area contributed by atoms with Crippen molar-refractivity contribution in [2.75, 3.05) is 4.90 Å².